The van der Waals surface area contributed by atoms with E-state index in [1.807, 2.05) is 6.07 Å². The number of hydrogen-bond acceptors (Lipinski definition) is 7. The van der Waals surface area contributed by atoms with Gasteiger partial charge < -0.3 is 21.1 Å². The van der Waals surface area contributed by atoms with Gasteiger partial charge in [0.2, 0.25) is 10.0 Å². The van der Waals surface area contributed by atoms with Crippen molar-refractivity contribution >= 4 is 39.2 Å². The Hall–Kier alpha value is -4.22. The summed E-state index contributed by atoms with van der Waals surface area (Å²) in [5.74, 6) is -0.945. The van der Waals surface area contributed by atoms with Gasteiger partial charge in [0.05, 0.1) is 11.4 Å². The Morgan fingerprint density at radius 1 is 0.972 bits per heavy atom. The molecule has 186 valence electrons. The van der Waals surface area contributed by atoms with Crippen molar-refractivity contribution in [2.45, 2.75) is 17.4 Å². The summed E-state index contributed by atoms with van der Waals surface area (Å²) < 4.78 is 27.3. The summed E-state index contributed by atoms with van der Waals surface area (Å²) in [6.45, 7) is 1.47. The number of hydrogen-bond donors (Lipinski definition) is 5. The maximum atomic E-state index is 12.7. The van der Waals surface area contributed by atoms with Gasteiger partial charge in [-0.1, -0.05) is 36.4 Å². The van der Waals surface area contributed by atoms with Gasteiger partial charge in [-0.2, -0.15) is 4.72 Å². The van der Waals surface area contributed by atoms with Crippen molar-refractivity contribution in [3.8, 4) is 0 Å². The van der Waals surface area contributed by atoms with Crippen molar-refractivity contribution in [3.05, 3.63) is 90.0 Å². The lowest BCUT2D eigenvalue weighted by Gasteiger charge is -2.15. The van der Waals surface area contributed by atoms with Gasteiger partial charge >= 0.3 is 5.97 Å². The van der Waals surface area contributed by atoms with Crippen LogP contribution in [0.4, 0.5) is 11.4 Å². The van der Waals surface area contributed by atoms with E-state index in [4.69, 9.17) is 0 Å². The van der Waals surface area contributed by atoms with Crippen LogP contribution in [0.1, 0.15) is 15.9 Å². The third-order valence-electron chi connectivity index (χ3n) is 5.36. The number of amides is 1. The maximum Gasteiger partial charge on any atom is 0.322 e. The molecule has 3 aromatic carbocycles. The zero-order valence-electron chi connectivity index (χ0n) is 19.1. The molecule has 1 aliphatic rings. The van der Waals surface area contributed by atoms with Gasteiger partial charge in [0, 0.05) is 23.5 Å². The van der Waals surface area contributed by atoms with Gasteiger partial charge in [-0.3, -0.25) is 14.6 Å². The number of aliphatic carboxylic acids is 1. The summed E-state index contributed by atoms with van der Waals surface area (Å²) >= 11 is 0. The Balaban J connectivity index is 1.39. The molecule has 11 heteroatoms. The second kappa shape index (κ2) is 11.0. The molecule has 36 heavy (non-hydrogen) atoms. The SMILES string of the molecule is O=C(Nc1ccc(C[C@H](NS(=O)(=O)c2ccccc2)C(=O)O)cc1)c1cccc(NC2=NCCN2)c1. The van der Waals surface area contributed by atoms with Gasteiger partial charge in [-0.25, -0.2) is 8.42 Å². The molecule has 5 N–H and O–H groups in total. The van der Waals surface area contributed by atoms with Crippen molar-refractivity contribution in [1.29, 1.82) is 0 Å². The molecule has 0 fully saturated rings. The Morgan fingerprint density at radius 2 is 1.72 bits per heavy atom. The number of anilines is 2. The fourth-order valence-electron chi connectivity index (χ4n) is 3.55. The predicted molar refractivity (Wildman–Crippen MR) is 137 cm³/mol. The number of carbonyl (C=O) groups excluding carboxylic acids is 1. The number of carbonyl (C=O) groups is 2. The van der Waals surface area contributed by atoms with Crippen molar-refractivity contribution < 1.29 is 23.1 Å². The van der Waals surface area contributed by atoms with Crippen LogP contribution >= 0.6 is 0 Å². The fourth-order valence-corrected chi connectivity index (χ4v) is 4.76. The second-order valence-corrected chi connectivity index (χ2v) is 9.76. The van der Waals surface area contributed by atoms with Gasteiger partial charge in [0.1, 0.15) is 6.04 Å². The van der Waals surface area contributed by atoms with Gasteiger partial charge in [0.15, 0.2) is 5.96 Å². The van der Waals surface area contributed by atoms with Crippen LogP contribution < -0.4 is 20.7 Å². The highest BCUT2D eigenvalue weighted by atomic mass is 32.2. The van der Waals surface area contributed by atoms with E-state index in [0.29, 0.717) is 29.3 Å². The van der Waals surface area contributed by atoms with Gasteiger partial charge in [0.25, 0.3) is 5.91 Å². The number of carboxylic acids is 1. The highest BCUT2D eigenvalue weighted by Crippen LogP contribution is 2.16. The molecule has 1 heterocycles. The van der Waals surface area contributed by atoms with E-state index in [1.165, 1.54) is 12.1 Å². The summed E-state index contributed by atoms with van der Waals surface area (Å²) in [6.07, 6.45) is -0.0682. The third-order valence-corrected chi connectivity index (χ3v) is 6.85. The number of guanidine groups is 1. The molecule has 1 aliphatic heterocycles. The zero-order chi connectivity index (χ0) is 25.5. The van der Waals surface area contributed by atoms with E-state index in [1.54, 1.807) is 60.7 Å². The summed E-state index contributed by atoms with van der Waals surface area (Å²) in [5.41, 5.74) is 2.28. The lowest BCUT2D eigenvalue weighted by molar-refractivity contribution is -0.138. The summed E-state index contributed by atoms with van der Waals surface area (Å²) in [5, 5.41) is 18.6. The summed E-state index contributed by atoms with van der Waals surface area (Å²) in [7, 11) is -3.99. The Morgan fingerprint density at radius 3 is 2.39 bits per heavy atom. The number of nitrogens with one attached hydrogen (secondary N) is 4. The minimum absolute atomic E-state index is 0.0129. The van der Waals surface area contributed by atoms with Crippen molar-refractivity contribution in [2.24, 2.45) is 4.99 Å². The molecule has 0 saturated heterocycles. The Kier molecular flexibility index (Phi) is 7.62. The molecule has 0 radical (unpaired) electrons. The largest absolute Gasteiger partial charge is 0.480 e. The second-order valence-electron chi connectivity index (χ2n) is 8.04. The van der Waals surface area contributed by atoms with E-state index in [2.05, 4.69) is 25.7 Å². The number of carboxylic acid groups (broad SMARTS) is 1. The maximum absolute atomic E-state index is 12.7. The molecule has 10 nitrogen and oxygen atoms in total. The quantitative estimate of drug-likeness (QED) is 0.298. The molecule has 1 amide bonds. The van der Waals surface area contributed by atoms with Crippen LogP contribution in [0.15, 0.2) is 88.8 Å². The van der Waals surface area contributed by atoms with Gasteiger partial charge in [-0.05, 0) is 54.4 Å². The first-order chi connectivity index (χ1) is 17.3. The topological polar surface area (TPSA) is 149 Å². The minimum Gasteiger partial charge on any atom is -0.480 e. The van der Waals surface area contributed by atoms with E-state index in [0.717, 1.165) is 12.2 Å². The number of benzene rings is 3. The molecule has 0 saturated carbocycles. The number of nitrogens with zero attached hydrogens (tertiary/aromatic N) is 1. The van der Waals surface area contributed by atoms with Crippen LogP contribution in [0.3, 0.4) is 0 Å². The first-order valence-electron chi connectivity index (χ1n) is 11.2. The lowest BCUT2D eigenvalue weighted by Crippen LogP contribution is -2.42. The first-order valence-corrected chi connectivity index (χ1v) is 12.6. The van der Waals surface area contributed by atoms with Crippen LogP contribution in [0, 0.1) is 0 Å². The normalized spacial score (nSPS) is 13.8. The first kappa shape index (κ1) is 24.9. The molecule has 0 aromatic heterocycles. The highest BCUT2D eigenvalue weighted by molar-refractivity contribution is 7.89. The summed E-state index contributed by atoms with van der Waals surface area (Å²) in [6, 6.07) is 19.8. The van der Waals surface area contributed by atoms with Crippen LogP contribution in [0.25, 0.3) is 0 Å². The minimum atomic E-state index is -3.99. The lowest BCUT2D eigenvalue weighted by atomic mass is 10.1. The van der Waals surface area contributed by atoms with E-state index < -0.39 is 22.0 Å². The molecule has 4 rings (SSSR count). The van der Waals surface area contributed by atoms with E-state index in [-0.39, 0.29) is 17.2 Å². The Bertz CT molecular complexity index is 1380. The molecule has 1 atom stereocenters. The number of rotatable bonds is 9. The average molecular weight is 508 g/mol. The summed E-state index contributed by atoms with van der Waals surface area (Å²) in [4.78, 5) is 28.7. The number of sulfonamides is 1. The third kappa shape index (κ3) is 6.46. The molecule has 0 unspecified atom stereocenters. The fraction of sp³-hybridized carbons (Fsp3) is 0.160. The van der Waals surface area contributed by atoms with Gasteiger partial charge in [-0.15, -0.1) is 0 Å². The standard InChI is InChI=1S/C25H25N5O5S/c31-23(18-5-4-6-20(16-18)29-25-26-13-14-27-25)28-19-11-9-17(10-12-19)15-22(24(32)33)30-36(34,35)21-7-2-1-3-8-21/h1-12,16,22,30H,13-15H2,(H,28,31)(H,32,33)(H2,26,27,29)/t22-/m0/s1. The predicted octanol–water partition coefficient (Wildman–Crippen LogP) is 2.28. The van der Waals surface area contributed by atoms with Crippen LogP contribution in [-0.4, -0.2) is 50.5 Å². The van der Waals surface area contributed by atoms with Crippen molar-refractivity contribution in [3.63, 3.8) is 0 Å². The molecule has 3 aromatic rings. The zero-order valence-corrected chi connectivity index (χ0v) is 20.0. The smallest absolute Gasteiger partial charge is 0.322 e. The molecule has 0 spiro atoms. The number of aliphatic imine (C=N–C) groups is 1. The van der Waals surface area contributed by atoms with Crippen molar-refractivity contribution in [1.82, 2.24) is 10.0 Å². The average Bonchev–Trinajstić information content (AvgIpc) is 3.38. The molecular weight excluding hydrogens is 482 g/mol. The highest BCUT2D eigenvalue weighted by Gasteiger charge is 2.25. The van der Waals surface area contributed by atoms with Crippen LogP contribution in [0.5, 0.6) is 0 Å². The van der Waals surface area contributed by atoms with Crippen molar-refractivity contribution in [2.75, 3.05) is 23.7 Å². The monoisotopic (exact) mass is 507 g/mol. The van der Waals surface area contributed by atoms with E-state index >= 15 is 0 Å². The van der Waals surface area contributed by atoms with Crippen LogP contribution in [0.2, 0.25) is 0 Å². The van der Waals surface area contributed by atoms with E-state index in [9.17, 15) is 23.1 Å². The molecular formula is C25H25N5O5S. The van der Waals surface area contributed by atoms with Crippen LogP contribution in [-0.2, 0) is 21.2 Å². The Labute approximate surface area is 208 Å². The molecule has 0 bridgehead atoms. The molecule has 0 aliphatic carbocycles.